The summed E-state index contributed by atoms with van der Waals surface area (Å²) in [5.41, 5.74) is 1.05. The Morgan fingerprint density at radius 1 is 1.07 bits per heavy atom. The number of quaternary nitrogens is 1. The molecule has 0 aliphatic carbocycles. The standard InChI is InChI=1S/C20H26FN3O3S/c1-14(2)23-28(26,27)18-11-9-17(10-12-18)22-20(25)15(3)24(4)13-16-7-5-6-8-19(16)21/h5-12,14-15,23H,13H2,1-4H3,(H,22,25)/p+1/t15-/m1/s1. The van der Waals surface area contributed by atoms with E-state index in [0.29, 0.717) is 17.8 Å². The summed E-state index contributed by atoms with van der Waals surface area (Å²) < 4.78 is 40.6. The van der Waals surface area contributed by atoms with Gasteiger partial charge in [0.1, 0.15) is 12.4 Å². The molecule has 2 aromatic carbocycles. The van der Waals surface area contributed by atoms with Crippen molar-refractivity contribution in [3.05, 3.63) is 59.9 Å². The van der Waals surface area contributed by atoms with Crippen LogP contribution in [0.4, 0.5) is 10.1 Å². The summed E-state index contributed by atoms with van der Waals surface area (Å²) in [5.74, 6) is -0.522. The molecule has 0 aliphatic heterocycles. The van der Waals surface area contributed by atoms with Crippen LogP contribution in [0.25, 0.3) is 0 Å². The van der Waals surface area contributed by atoms with Crippen molar-refractivity contribution in [2.45, 2.75) is 44.3 Å². The molecule has 2 rings (SSSR count). The molecular formula is C20H27FN3O3S+. The van der Waals surface area contributed by atoms with Gasteiger partial charge in [-0.1, -0.05) is 18.2 Å². The largest absolute Gasteiger partial charge is 0.324 e. The summed E-state index contributed by atoms with van der Waals surface area (Å²) in [7, 11) is -1.75. The monoisotopic (exact) mass is 408 g/mol. The molecule has 0 aliphatic rings. The molecule has 0 spiro atoms. The summed E-state index contributed by atoms with van der Waals surface area (Å²) in [4.78, 5) is 13.5. The van der Waals surface area contributed by atoms with Gasteiger partial charge in [0.15, 0.2) is 6.04 Å². The van der Waals surface area contributed by atoms with Crippen molar-refractivity contribution in [2.75, 3.05) is 12.4 Å². The topological polar surface area (TPSA) is 79.7 Å². The minimum absolute atomic E-state index is 0.134. The van der Waals surface area contributed by atoms with Crippen LogP contribution in [0.1, 0.15) is 26.3 Å². The Balaban J connectivity index is 2.01. The van der Waals surface area contributed by atoms with E-state index in [1.165, 1.54) is 18.2 Å². The highest BCUT2D eigenvalue weighted by molar-refractivity contribution is 7.89. The van der Waals surface area contributed by atoms with E-state index in [-0.39, 0.29) is 22.7 Å². The Morgan fingerprint density at radius 3 is 2.25 bits per heavy atom. The molecule has 28 heavy (non-hydrogen) atoms. The Morgan fingerprint density at radius 2 is 1.68 bits per heavy atom. The zero-order valence-electron chi connectivity index (χ0n) is 16.5. The van der Waals surface area contributed by atoms with Crippen molar-refractivity contribution in [2.24, 2.45) is 0 Å². The SMILES string of the molecule is CC(C)NS(=O)(=O)c1ccc(NC(=O)[C@@H](C)[NH+](C)Cc2ccccc2F)cc1. The van der Waals surface area contributed by atoms with Crippen LogP contribution in [-0.4, -0.2) is 33.5 Å². The number of amides is 1. The summed E-state index contributed by atoms with van der Waals surface area (Å²) >= 11 is 0. The average Bonchev–Trinajstić information content (AvgIpc) is 2.62. The van der Waals surface area contributed by atoms with E-state index in [4.69, 9.17) is 0 Å². The molecule has 2 atom stereocenters. The minimum atomic E-state index is -3.58. The third-order valence-electron chi connectivity index (χ3n) is 4.38. The van der Waals surface area contributed by atoms with Gasteiger partial charge in [-0.15, -0.1) is 0 Å². The molecule has 0 fully saturated rings. The summed E-state index contributed by atoms with van der Waals surface area (Å²) in [6.07, 6.45) is 0. The van der Waals surface area contributed by atoms with Crippen molar-refractivity contribution in [1.29, 1.82) is 0 Å². The first-order valence-corrected chi connectivity index (χ1v) is 10.6. The summed E-state index contributed by atoms with van der Waals surface area (Å²) in [6, 6.07) is 11.8. The molecular weight excluding hydrogens is 381 g/mol. The molecule has 1 amide bonds. The van der Waals surface area contributed by atoms with Gasteiger partial charge in [0.05, 0.1) is 11.9 Å². The highest BCUT2D eigenvalue weighted by Crippen LogP contribution is 2.14. The van der Waals surface area contributed by atoms with Gasteiger partial charge in [-0.05, 0) is 51.1 Å². The van der Waals surface area contributed by atoms with E-state index < -0.39 is 16.1 Å². The fourth-order valence-corrected chi connectivity index (χ4v) is 3.92. The molecule has 0 saturated heterocycles. The van der Waals surface area contributed by atoms with E-state index in [1.807, 2.05) is 7.05 Å². The first-order chi connectivity index (χ1) is 13.1. The average molecular weight is 409 g/mol. The maximum Gasteiger partial charge on any atom is 0.282 e. The lowest BCUT2D eigenvalue weighted by atomic mass is 10.1. The number of hydrogen-bond donors (Lipinski definition) is 3. The van der Waals surface area contributed by atoms with Crippen molar-refractivity contribution >= 4 is 21.6 Å². The number of rotatable bonds is 8. The number of carbonyl (C=O) groups excluding carboxylic acids is 1. The third-order valence-corrected chi connectivity index (χ3v) is 6.06. The molecule has 1 unspecified atom stereocenters. The first-order valence-electron chi connectivity index (χ1n) is 9.09. The summed E-state index contributed by atoms with van der Waals surface area (Å²) in [6.45, 7) is 5.62. The number of benzene rings is 2. The minimum Gasteiger partial charge on any atom is -0.324 e. The van der Waals surface area contributed by atoms with Gasteiger partial charge in [0.2, 0.25) is 10.0 Å². The van der Waals surface area contributed by atoms with Crippen LogP contribution < -0.4 is 14.9 Å². The summed E-state index contributed by atoms with van der Waals surface area (Å²) in [5, 5.41) is 2.77. The lowest BCUT2D eigenvalue weighted by Crippen LogP contribution is -3.12. The number of hydrogen-bond acceptors (Lipinski definition) is 3. The number of nitrogens with one attached hydrogen (secondary N) is 3. The molecule has 6 nitrogen and oxygen atoms in total. The molecule has 0 bridgehead atoms. The first kappa shape index (κ1) is 22.0. The molecule has 0 aromatic heterocycles. The zero-order chi connectivity index (χ0) is 20.9. The van der Waals surface area contributed by atoms with Crippen LogP contribution in [0.3, 0.4) is 0 Å². The molecule has 3 N–H and O–H groups in total. The normalized spacial score (nSPS) is 13.9. The zero-order valence-corrected chi connectivity index (χ0v) is 17.3. The van der Waals surface area contributed by atoms with Crippen molar-refractivity contribution in [3.8, 4) is 0 Å². The fraction of sp³-hybridized carbons (Fsp3) is 0.350. The van der Waals surface area contributed by atoms with Crippen LogP contribution >= 0.6 is 0 Å². The number of likely N-dealkylation sites (N-methyl/N-ethyl adjacent to an activating group) is 1. The van der Waals surface area contributed by atoms with Crippen molar-refractivity contribution in [1.82, 2.24) is 4.72 Å². The lowest BCUT2D eigenvalue weighted by molar-refractivity contribution is -0.908. The van der Waals surface area contributed by atoms with Gasteiger partial charge in [-0.2, -0.15) is 0 Å². The number of carbonyl (C=O) groups is 1. The van der Waals surface area contributed by atoms with Crippen LogP contribution in [0, 0.1) is 5.82 Å². The van der Waals surface area contributed by atoms with Gasteiger partial charge in [0.25, 0.3) is 5.91 Å². The highest BCUT2D eigenvalue weighted by Gasteiger charge is 2.23. The van der Waals surface area contributed by atoms with E-state index in [9.17, 15) is 17.6 Å². The van der Waals surface area contributed by atoms with Crippen molar-refractivity contribution in [3.63, 3.8) is 0 Å². The second kappa shape index (κ2) is 9.27. The Labute approximate surface area is 165 Å². The van der Waals surface area contributed by atoms with Gasteiger partial charge in [0, 0.05) is 17.3 Å². The maximum atomic E-state index is 13.8. The molecule has 0 heterocycles. The van der Waals surface area contributed by atoms with Crippen molar-refractivity contribution < 1.29 is 22.5 Å². The van der Waals surface area contributed by atoms with Gasteiger partial charge < -0.3 is 10.2 Å². The van der Waals surface area contributed by atoms with E-state index in [1.54, 1.807) is 51.1 Å². The van der Waals surface area contributed by atoms with E-state index in [2.05, 4.69) is 10.0 Å². The molecule has 152 valence electrons. The molecule has 2 aromatic rings. The van der Waals surface area contributed by atoms with Gasteiger partial charge in [-0.25, -0.2) is 17.5 Å². The van der Waals surface area contributed by atoms with E-state index >= 15 is 0 Å². The second-order valence-corrected chi connectivity index (χ2v) is 8.84. The quantitative estimate of drug-likeness (QED) is 0.620. The second-order valence-electron chi connectivity index (χ2n) is 7.13. The Bertz CT molecular complexity index is 915. The Kier molecular flexibility index (Phi) is 7.29. The van der Waals surface area contributed by atoms with Crippen LogP contribution in [0.2, 0.25) is 0 Å². The van der Waals surface area contributed by atoms with Crippen LogP contribution in [0.5, 0.6) is 0 Å². The third kappa shape index (κ3) is 5.85. The molecule has 0 saturated carbocycles. The number of anilines is 1. The molecule has 8 heteroatoms. The Hall–Kier alpha value is -2.29. The fourth-order valence-electron chi connectivity index (χ4n) is 2.67. The molecule has 0 radical (unpaired) electrons. The lowest BCUT2D eigenvalue weighted by Gasteiger charge is -2.21. The van der Waals surface area contributed by atoms with Crippen LogP contribution in [0.15, 0.2) is 53.4 Å². The predicted molar refractivity (Wildman–Crippen MR) is 107 cm³/mol. The highest BCUT2D eigenvalue weighted by atomic mass is 32.2. The number of halogens is 1. The van der Waals surface area contributed by atoms with Crippen LogP contribution in [-0.2, 0) is 21.4 Å². The van der Waals surface area contributed by atoms with E-state index in [0.717, 1.165) is 4.90 Å². The number of sulfonamides is 1. The van der Waals surface area contributed by atoms with Gasteiger partial charge in [-0.3, -0.25) is 4.79 Å². The van der Waals surface area contributed by atoms with Gasteiger partial charge >= 0.3 is 0 Å². The smallest absolute Gasteiger partial charge is 0.282 e. The predicted octanol–water partition coefficient (Wildman–Crippen LogP) is 1.55. The maximum absolute atomic E-state index is 13.8.